The van der Waals surface area contributed by atoms with Crippen molar-refractivity contribution in [3.63, 3.8) is 0 Å². The van der Waals surface area contributed by atoms with Crippen molar-refractivity contribution in [1.29, 1.82) is 0 Å². The molecule has 1 aliphatic heterocycles. The highest BCUT2D eigenvalue weighted by atomic mass is 16.4. The quantitative estimate of drug-likeness (QED) is 0.726. The lowest BCUT2D eigenvalue weighted by atomic mass is 10.1. The van der Waals surface area contributed by atoms with Gasteiger partial charge in [0, 0.05) is 13.1 Å². The standard InChI is InChI=1S/C11H20N2O3/c1-3-4-13-7-8(2)6-12-11(16)9(13)5-10(14)15/h8-9H,3-7H2,1-2H3,(H,12,16)(H,14,15). The first-order valence-corrected chi connectivity index (χ1v) is 5.78. The fourth-order valence-electron chi connectivity index (χ4n) is 2.07. The Hall–Kier alpha value is -1.10. The molecule has 0 aromatic heterocycles. The third-order valence-electron chi connectivity index (χ3n) is 2.79. The van der Waals surface area contributed by atoms with Crippen LogP contribution in [-0.2, 0) is 9.59 Å². The molecule has 0 aromatic carbocycles. The molecular weight excluding hydrogens is 208 g/mol. The van der Waals surface area contributed by atoms with Crippen LogP contribution in [0.5, 0.6) is 0 Å². The molecule has 2 N–H and O–H groups in total. The van der Waals surface area contributed by atoms with Crippen LogP contribution in [0.25, 0.3) is 0 Å². The third kappa shape index (κ3) is 3.48. The number of hydrogen-bond acceptors (Lipinski definition) is 3. The fraction of sp³-hybridized carbons (Fsp3) is 0.818. The number of carboxylic acid groups (broad SMARTS) is 1. The molecule has 16 heavy (non-hydrogen) atoms. The normalized spacial score (nSPS) is 27.2. The van der Waals surface area contributed by atoms with Crippen molar-refractivity contribution >= 4 is 11.9 Å². The smallest absolute Gasteiger partial charge is 0.305 e. The van der Waals surface area contributed by atoms with Gasteiger partial charge in [0.15, 0.2) is 0 Å². The van der Waals surface area contributed by atoms with Crippen LogP contribution in [0.4, 0.5) is 0 Å². The second-order valence-corrected chi connectivity index (χ2v) is 4.46. The SMILES string of the molecule is CCCN1CC(C)CNC(=O)C1CC(=O)O. The molecule has 5 nitrogen and oxygen atoms in total. The monoisotopic (exact) mass is 228 g/mol. The Labute approximate surface area is 95.8 Å². The van der Waals surface area contributed by atoms with E-state index in [1.165, 1.54) is 0 Å². The van der Waals surface area contributed by atoms with E-state index in [1.807, 2.05) is 11.8 Å². The molecule has 1 aliphatic rings. The van der Waals surface area contributed by atoms with Crippen molar-refractivity contribution in [2.45, 2.75) is 32.7 Å². The van der Waals surface area contributed by atoms with Gasteiger partial charge in [0.05, 0.1) is 12.5 Å². The summed E-state index contributed by atoms with van der Waals surface area (Å²) in [5.41, 5.74) is 0. The second-order valence-electron chi connectivity index (χ2n) is 4.46. The minimum Gasteiger partial charge on any atom is -0.481 e. The van der Waals surface area contributed by atoms with Crippen LogP contribution in [-0.4, -0.2) is 47.6 Å². The summed E-state index contributed by atoms with van der Waals surface area (Å²) in [5, 5.41) is 11.6. The molecule has 0 spiro atoms. The van der Waals surface area contributed by atoms with Crippen molar-refractivity contribution in [2.75, 3.05) is 19.6 Å². The average molecular weight is 228 g/mol. The van der Waals surface area contributed by atoms with Gasteiger partial charge < -0.3 is 10.4 Å². The van der Waals surface area contributed by atoms with E-state index in [2.05, 4.69) is 12.2 Å². The van der Waals surface area contributed by atoms with E-state index in [1.54, 1.807) is 0 Å². The number of aliphatic carboxylic acids is 1. The molecule has 0 aliphatic carbocycles. The molecular formula is C11H20N2O3. The van der Waals surface area contributed by atoms with Crippen LogP contribution in [0.2, 0.25) is 0 Å². The Kier molecular flexibility index (Phi) is 4.73. The number of nitrogens with one attached hydrogen (secondary N) is 1. The first-order chi connectivity index (χ1) is 7.54. The Morgan fingerprint density at radius 3 is 2.88 bits per heavy atom. The lowest BCUT2D eigenvalue weighted by Gasteiger charge is -2.27. The second kappa shape index (κ2) is 5.84. The summed E-state index contributed by atoms with van der Waals surface area (Å²) < 4.78 is 0. The molecule has 0 radical (unpaired) electrons. The van der Waals surface area contributed by atoms with E-state index in [0.29, 0.717) is 12.5 Å². The van der Waals surface area contributed by atoms with Crippen molar-refractivity contribution < 1.29 is 14.7 Å². The van der Waals surface area contributed by atoms with Crippen molar-refractivity contribution in [3.05, 3.63) is 0 Å². The summed E-state index contributed by atoms with van der Waals surface area (Å²) in [5.74, 6) is -0.703. The van der Waals surface area contributed by atoms with Gasteiger partial charge in [0.1, 0.15) is 0 Å². The number of carboxylic acids is 1. The lowest BCUT2D eigenvalue weighted by Crippen LogP contribution is -2.45. The summed E-state index contributed by atoms with van der Waals surface area (Å²) >= 11 is 0. The largest absolute Gasteiger partial charge is 0.481 e. The predicted molar refractivity (Wildman–Crippen MR) is 60.1 cm³/mol. The molecule has 92 valence electrons. The third-order valence-corrected chi connectivity index (χ3v) is 2.79. The van der Waals surface area contributed by atoms with E-state index >= 15 is 0 Å². The van der Waals surface area contributed by atoms with Crippen LogP contribution in [0.15, 0.2) is 0 Å². The van der Waals surface area contributed by atoms with E-state index in [9.17, 15) is 9.59 Å². The van der Waals surface area contributed by atoms with Gasteiger partial charge in [-0.1, -0.05) is 13.8 Å². The zero-order valence-corrected chi connectivity index (χ0v) is 9.90. The lowest BCUT2D eigenvalue weighted by molar-refractivity contribution is -0.141. The van der Waals surface area contributed by atoms with Crippen molar-refractivity contribution in [1.82, 2.24) is 10.2 Å². The topological polar surface area (TPSA) is 69.6 Å². The minimum atomic E-state index is -0.921. The number of hydrogen-bond donors (Lipinski definition) is 2. The maximum absolute atomic E-state index is 11.8. The van der Waals surface area contributed by atoms with Crippen LogP contribution in [0.3, 0.4) is 0 Å². The number of amides is 1. The maximum atomic E-state index is 11.8. The highest BCUT2D eigenvalue weighted by Gasteiger charge is 2.31. The van der Waals surface area contributed by atoms with Gasteiger partial charge in [0.25, 0.3) is 0 Å². The summed E-state index contributed by atoms with van der Waals surface area (Å²) in [6, 6.07) is -0.512. The van der Waals surface area contributed by atoms with E-state index < -0.39 is 12.0 Å². The van der Waals surface area contributed by atoms with Crippen LogP contribution < -0.4 is 5.32 Å². The summed E-state index contributed by atoms with van der Waals surface area (Å²) in [7, 11) is 0. The molecule has 0 bridgehead atoms. The molecule has 2 unspecified atom stereocenters. The molecule has 1 amide bonds. The number of carbonyl (C=O) groups excluding carboxylic acids is 1. The van der Waals surface area contributed by atoms with Gasteiger partial charge in [-0.15, -0.1) is 0 Å². The van der Waals surface area contributed by atoms with Crippen LogP contribution in [0, 0.1) is 5.92 Å². The Morgan fingerprint density at radius 2 is 2.31 bits per heavy atom. The first kappa shape index (κ1) is 13.0. The minimum absolute atomic E-state index is 0.113. The molecule has 5 heteroatoms. The van der Waals surface area contributed by atoms with Gasteiger partial charge in [-0.05, 0) is 18.9 Å². The number of nitrogens with zero attached hydrogens (tertiary/aromatic N) is 1. The summed E-state index contributed by atoms with van der Waals surface area (Å²) in [4.78, 5) is 24.5. The van der Waals surface area contributed by atoms with Crippen molar-refractivity contribution in [3.8, 4) is 0 Å². The highest BCUT2D eigenvalue weighted by molar-refractivity contribution is 5.86. The Balaban J connectivity index is 2.76. The summed E-state index contributed by atoms with van der Waals surface area (Å²) in [6.45, 7) is 6.28. The fourth-order valence-corrected chi connectivity index (χ4v) is 2.07. The molecule has 0 aromatic rings. The first-order valence-electron chi connectivity index (χ1n) is 5.78. The highest BCUT2D eigenvalue weighted by Crippen LogP contribution is 2.13. The van der Waals surface area contributed by atoms with E-state index in [0.717, 1.165) is 19.5 Å². The molecule has 0 saturated carbocycles. The van der Waals surface area contributed by atoms with E-state index in [4.69, 9.17) is 5.11 Å². The summed E-state index contributed by atoms with van der Waals surface area (Å²) in [6.07, 6.45) is 0.814. The predicted octanol–water partition coefficient (Wildman–Crippen LogP) is 0.308. The molecule has 1 rings (SSSR count). The zero-order chi connectivity index (χ0) is 12.1. The number of rotatable bonds is 4. The molecule has 1 saturated heterocycles. The molecule has 2 atom stereocenters. The average Bonchev–Trinajstić information content (AvgIpc) is 2.32. The van der Waals surface area contributed by atoms with Crippen LogP contribution in [0.1, 0.15) is 26.7 Å². The zero-order valence-electron chi connectivity index (χ0n) is 9.90. The molecule has 1 fully saturated rings. The van der Waals surface area contributed by atoms with Crippen LogP contribution >= 0.6 is 0 Å². The maximum Gasteiger partial charge on any atom is 0.305 e. The Morgan fingerprint density at radius 1 is 1.62 bits per heavy atom. The Bertz CT molecular complexity index is 268. The number of carbonyl (C=O) groups is 2. The van der Waals surface area contributed by atoms with Gasteiger partial charge in [-0.25, -0.2) is 0 Å². The van der Waals surface area contributed by atoms with Gasteiger partial charge in [-0.3, -0.25) is 14.5 Å². The van der Waals surface area contributed by atoms with Gasteiger partial charge >= 0.3 is 5.97 Å². The molecule has 1 heterocycles. The van der Waals surface area contributed by atoms with Gasteiger partial charge in [0.2, 0.25) is 5.91 Å². The van der Waals surface area contributed by atoms with Gasteiger partial charge in [-0.2, -0.15) is 0 Å². The van der Waals surface area contributed by atoms with Crippen molar-refractivity contribution in [2.24, 2.45) is 5.92 Å². The van der Waals surface area contributed by atoms with E-state index in [-0.39, 0.29) is 12.3 Å².